The topological polar surface area (TPSA) is 55.1 Å². The molecule has 0 amide bonds. The van der Waals surface area contributed by atoms with Crippen molar-refractivity contribution in [3.63, 3.8) is 0 Å². The van der Waals surface area contributed by atoms with E-state index in [-0.39, 0.29) is 5.76 Å². The van der Waals surface area contributed by atoms with Crippen molar-refractivity contribution in [1.82, 2.24) is 4.98 Å². The summed E-state index contributed by atoms with van der Waals surface area (Å²) in [7, 11) is 1.72. The highest BCUT2D eigenvalue weighted by Gasteiger charge is 2.13. The number of nitrogens with zero attached hydrogens (tertiary/aromatic N) is 1. The van der Waals surface area contributed by atoms with Crippen molar-refractivity contribution in [1.29, 1.82) is 0 Å². The molecule has 0 aliphatic rings. The number of halogens is 1. The molecule has 0 unspecified atom stereocenters. The molecule has 0 saturated heterocycles. The Kier molecular flexibility index (Phi) is 2.25. The fourth-order valence-electron chi connectivity index (χ4n) is 1.29. The van der Waals surface area contributed by atoms with Crippen LogP contribution in [0.2, 0.25) is 0 Å². The first-order chi connectivity index (χ1) is 6.76. The standard InChI is InChI=1S/C9H7BrN2O2/c1-11-8-6(4-13)14-5-2-3-7(10)12-9(5)8/h2-4,11H,1H3. The van der Waals surface area contributed by atoms with Crippen LogP contribution in [0.15, 0.2) is 21.2 Å². The van der Waals surface area contributed by atoms with Gasteiger partial charge in [-0.05, 0) is 28.1 Å². The molecule has 4 nitrogen and oxygen atoms in total. The van der Waals surface area contributed by atoms with Gasteiger partial charge in [0.2, 0.25) is 0 Å². The number of hydrogen-bond acceptors (Lipinski definition) is 4. The molecule has 0 aromatic carbocycles. The number of fused-ring (bicyclic) bond motifs is 1. The fraction of sp³-hybridized carbons (Fsp3) is 0.111. The van der Waals surface area contributed by atoms with Crippen molar-refractivity contribution in [2.75, 3.05) is 12.4 Å². The Morgan fingerprint density at radius 1 is 1.57 bits per heavy atom. The number of aromatic nitrogens is 1. The molecule has 0 aliphatic carbocycles. The first-order valence-electron chi connectivity index (χ1n) is 3.98. The highest BCUT2D eigenvalue weighted by atomic mass is 79.9. The van der Waals surface area contributed by atoms with Crippen LogP contribution in [0.3, 0.4) is 0 Å². The zero-order valence-electron chi connectivity index (χ0n) is 7.37. The lowest BCUT2D eigenvalue weighted by Crippen LogP contribution is -1.91. The summed E-state index contributed by atoms with van der Waals surface area (Å²) < 4.78 is 5.99. The predicted octanol–water partition coefficient (Wildman–Crippen LogP) is 2.44. The summed E-state index contributed by atoms with van der Waals surface area (Å²) >= 11 is 3.26. The Hall–Kier alpha value is -1.36. The summed E-state index contributed by atoms with van der Waals surface area (Å²) in [5, 5.41) is 2.89. The van der Waals surface area contributed by atoms with Crippen molar-refractivity contribution in [2.45, 2.75) is 0 Å². The van der Waals surface area contributed by atoms with Gasteiger partial charge in [0.05, 0.1) is 0 Å². The van der Waals surface area contributed by atoms with E-state index < -0.39 is 0 Å². The zero-order chi connectivity index (χ0) is 10.1. The van der Waals surface area contributed by atoms with Crippen molar-refractivity contribution in [3.05, 3.63) is 22.5 Å². The molecule has 0 saturated carbocycles. The summed E-state index contributed by atoms with van der Waals surface area (Å²) in [5.74, 6) is 0.271. The molecule has 5 heteroatoms. The number of anilines is 1. The summed E-state index contributed by atoms with van der Waals surface area (Å²) in [6.07, 6.45) is 0.668. The number of hydrogen-bond donors (Lipinski definition) is 1. The van der Waals surface area contributed by atoms with E-state index in [0.29, 0.717) is 27.7 Å². The molecule has 2 heterocycles. The number of nitrogens with one attached hydrogen (secondary N) is 1. The second-order valence-corrected chi connectivity index (χ2v) is 3.50. The Morgan fingerprint density at radius 3 is 3.00 bits per heavy atom. The van der Waals surface area contributed by atoms with Gasteiger partial charge in [-0.25, -0.2) is 4.98 Å². The molecule has 0 fully saturated rings. The third-order valence-corrected chi connectivity index (χ3v) is 2.33. The Labute approximate surface area is 88.4 Å². The molecule has 14 heavy (non-hydrogen) atoms. The van der Waals surface area contributed by atoms with E-state index in [1.807, 2.05) is 0 Å². The normalized spacial score (nSPS) is 10.4. The first-order valence-corrected chi connectivity index (χ1v) is 4.77. The molecular weight excluding hydrogens is 248 g/mol. The third-order valence-electron chi connectivity index (χ3n) is 1.88. The van der Waals surface area contributed by atoms with Crippen molar-refractivity contribution >= 4 is 39.0 Å². The summed E-state index contributed by atoms with van der Waals surface area (Å²) in [6, 6.07) is 3.53. The van der Waals surface area contributed by atoms with E-state index >= 15 is 0 Å². The molecule has 0 aliphatic heterocycles. The van der Waals surface area contributed by atoms with Crippen LogP contribution in [0.5, 0.6) is 0 Å². The second kappa shape index (κ2) is 3.42. The van der Waals surface area contributed by atoms with Gasteiger partial charge in [0, 0.05) is 7.05 Å². The van der Waals surface area contributed by atoms with Crippen LogP contribution in [0.4, 0.5) is 5.69 Å². The maximum atomic E-state index is 10.7. The third kappa shape index (κ3) is 1.29. The predicted molar refractivity (Wildman–Crippen MR) is 56.6 cm³/mol. The maximum Gasteiger partial charge on any atom is 0.192 e. The SMILES string of the molecule is CNc1c(C=O)oc2ccc(Br)nc12. The van der Waals surface area contributed by atoms with E-state index in [0.717, 1.165) is 0 Å². The molecular formula is C9H7BrN2O2. The zero-order valence-corrected chi connectivity index (χ0v) is 8.96. The van der Waals surface area contributed by atoms with Crippen LogP contribution in [0, 0.1) is 0 Å². The smallest absolute Gasteiger partial charge is 0.192 e. The maximum absolute atomic E-state index is 10.7. The number of carbonyl (C=O) groups excluding carboxylic acids is 1. The first kappa shape index (κ1) is 9.21. The number of rotatable bonds is 2. The average Bonchev–Trinajstić information content (AvgIpc) is 2.54. The average molecular weight is 255 g/mol. The summed E-state index contributed by atoms with van der Waals surface area (Å²) in [4.78, 5) is 14.9. The van der Waals surface area contributed by atoms with Crippen molar-refractivity contribution < 1.29 is 9.21 Å². The summed E-state index contributed by atoms with van der Waals surface area (Å²) in [6.45, 7) is 0. The van der Waals surface area contributed by atoms with Gasteiger partial charge >= 0.3 is 0 Å². The lowest BCUT2D eigenvalue weighted by molar-refractivity contribution is 0.110. The Morgan fingerprint density at radius 2 is 2.36 bits per heavy atom. The largest absolute Gasteiger partial charge is 0.449 e. The number of pyridine rings is 1. The Balaban J connectivity index is 2.81. The number of aldehydes is 1. The molecule has 72 valence electrons. The van der Waals surface area contributed by atoms with Crippen molar-refractivity contribution in [2.24, 2.45) is 0 Å². The van der Waals surface area contributed by atoms with E-state index in [1.54, 1.807) is 19.2 Å². The second-order valence-electron chi connectivity index (χ2n) is 2.69. The van der Waals surface area contributed by atoms with Crippen LogP contribution in [-0.2, 0) is 0 Å². The minimum absolute atomic E-state index is 0.271. The van der Waals surface area contributed by atoms with Gasteiger partial charge < -0.3 is 9.73 Å². The van der Waals surface area contributed by atoms with Crippen LogP contribution >= 0.6 is 15.9 Å². The number of furan rings is 1. The fourth-order valence-corrected chi connectivity index (χ4v) is 1.60. The van der Waals surface area contributed by atoms with E-state index in [2.05, 4.69) is 26.2 Å². The van der Waals surface area contributed by atoms with Gasteiger partial charge in [0.15, 0.2) is 17.6 Å². The molecule has 0 spiro atoms. The van der Waals surface area contributed by atoms with Gasteiger partial charge in [0.1, 0.15) is 15.8 Å². The molecule has 0 atom stereocenters. The van der Waals surface area contributed by atoms with Crippen LogP contribution < -0.4 is 5.32 Å². The summed E-state index contributed by atoms with van der Waals surface area (Å²) in [5.41, 5.74) is 1.87. The van der Waals surface area contributed by atoms with Gasteiger partial charge in [-0.3, -0.25) is 4.79 Å². The molecule has 0 bridgehead atoms. The van der Waals surface area contributed by atoms with Gasteiger partial charge in [0.25, 0.3) is 0 Å². The quantitative estimate of drug-likeness (QED) is 0.661. The molecule has 2 rings (SSSR count). The van der Waals surface area contributed by atoms with Crippen LogP contribution in [-0.4, -0.2) is 18.3 Å². The minimum Gasteiger partial charge on any atom is -0.449 e. The molecule has 2 aromatic heterocycles. The Bertz CT molecular complexity index is 493. The van der Waals surface area contributed by atoms with Crippen LogP contribution in [0.1, 0.15) is 10.6 Å². The lowest BCUT2D eigenvalue weighted by atomic mass is 10.3. The highest BCUT2D eigenvalue weighted by Crippen LogP contribution is 2.28. The monoisotopic (exact) mass is 254 g/mol. The van der Waals surface area contributed by atoms with Gasteiger partial charge in [-0.1, -0.05) is 0 Å². The molecule has 1 N–H and O–H groups in total. The molecule has 2 aromatic rings. The van der Waals surface area contributed by atoms with Crippen molar-refractivity contribution in [3.8, 4) is 0 Å². The van der Waals surface area contributed by atoms with Gasteiger partial charge in [-0.15, -0.1) is 0 Å². The van der Waals surface area contributed by atoms with Crippen LogP contribution in [0.25, 0.3) is 11.1 Å². The lowest BCUT2D eigenvalue weighted by Gasteiger charge is -1.95. The number of carbonyl (C=O) groups is 1. The van der Waals surface area contributed by atoms with E-state index in [1.165, 1.54) is 0 Å². The van der Waals surface area contributed by atoms with Gasteiger partial charge in [-0.2, -0.15) is 0 Å². The molecule has 0 radical (unpaired) electrons. The highest BCUT2D eigenvalue weighted by molar-refractivity contribution is 9.10. The minimum atomic E-state index is 0.271. The van der Waals surface area contributed by atoms with E-state index in [9.17, 15) is 4.79 Å². The van der Waals surface area contributed by atoms with E-state index in [4.69, 9.17) is 4.42 Å².